The standard InChI is InChI=1S/C23H24N4O4/c1-15-2-6-17(7-3-15)19-13-26-22(31-19)11-10-21(29)25-12-16-4-8-18(9-5-16)23(30)27-14-20(24)28/h2-9,13H,10-12,14H2,1H3,(H2,24,28)(H,25,29)(H,27,30). The lowest BCUT2D eigenvalue weighted by molar-refractivity contribution is -0.121. The zero-order chi connectivity index (χ0) is 22.2. The molecule has 8 nitrogen and oxygen atoms in total. The lowest BCUT2D eigenvalue weighted by Crippen LogP contribution is -2.33. The molecule has 0 atom stereocenters. The molecule has 0 aliphatic rings. The highest BCUT2D eigenvalue weighted by molar-refractivity contribution is 5.96. The Bertz CT molecular complexity index is 1060. The smallest absolute Gasteiger partial charge is 0.251 e. The second kappa shape index (κ2) is 10.2. The van der Waals surface area contributed by atoms with Gasteiger partial charge in [0.1, 0.15) is 0 Å². The van der Waals surface area contributed by atoms with Crippen LogP contribution in [0.15, 0.2) is 59.1 Å². The van der Waals surface area contributed by atoms with Gasteiger partial charge in [-0.05, 0) is 24.6 Å². The molecule has 0 saturated carbocycles. The van der Waals surface area contributed by atoms with Gasteiger partial charge in [0.05, 0.1) is 12.7 Å². The number of oxazole rings is 1. The monoisotopic (exact) mass is 420 g/mol. The molecule has 8 heteroatoms. The summed E-state index contributed by atoms with van der Waals surface area (Å²) in [5.74, 6) is 0.0694. The summed E-state index contributed by atoms with van der Waals surface area (Å²) >= 11 is 0. The number of carbonyl (C=O) groups excluding carboxylic acids is 3. The SMILES string of the molecule is Cc1ccc(-c2cnc(CCC(=O)NCc3ccc(C(=O)NCC(N)=O)cc3)o2)cc1. The molecule has 3 aromatic rings. The Labute approximate surface area is 179 Å². The zero-order valence-corrected chi connectivity index (χ0v) is 17.2. The third-order valence-electron chi connectivity index (χ3n) is 4.58. The van der Waals surface area contributed by atoms with Crippen LogP contribution in [-0.2, 0) is 22.6 Å². The molecular formula is C23H24N4O4. The first kappa shape index (κ1) is 21.8. The van der Waals surface area contributed by atoms with Gasteiger partial charge in [0.25, 0.3) is 5.91 Å². The van der Waals surface area contributed by atoms with E-state index in [9.17, 15) is 14.4 Å². The van der Waals surface area contributed by atoms with Crippen molar-refractivity contribution < 1.29 is 18.8 Å². The van der Waals surface area contributed by atoms with E-state index in [4.69, 9.17) is 10.2 Å². The maximum atomic E-state index is 12.1. The first-order valence-electron chi connectivity index (χ1n) is 9.84. The van der Waals surface area contributed by atoms with Crippen molar-refractivity contribution in [2.24, 2.45) is 5.73 Å². The summed E-state index contributed by atoms with van der Waals surface area (Å²) in [4.78, 5) is 39.0. The average molecular weight is 420 g/mol. The van der Waals surface area contributed by atoms with Crippen molar-refractivity contribution in [1.82, 2.24) is 15.6 Å². The van der Waals surface area contributed by atoms with Gasteiger partial charge in [-0.3, -0.25) is 14.4 Å². The Morgan fingerprint density at radius 1 is 1.00 bits per heavy atom. The molecule has 31 heavy (non-hydrogen) atoms. The molecule has 0 aliphatic carbocycles. The minimum absolute atomic E-state index is 0.127. The van der Waals surface area contributed by atoms with Gasteiger partial charge >= 0.3 is 0 Å². The van der Waals surface area contributed by atoms with Crippen molar-refractivity contribution >= 4 is 17.7 Å². The number of nitrogens with two attached hydrogens (primary N) is 1. The highest BCUT2D eigenvalue weighted by atomic mass is 16.4. The molecule has 0 unspecified atom stereocenters. The normalized spacial score (nSPS) is 10.5. The number of primary amides is 1. The number of carbonyl (C=O) groups is 3. The van der Waals surface area contributed by atoms with Crippen molar-refractivity contribution in [3.8, 4) is 11.3 Å². The van der Waals surface area contributed by atoms with E-state index < -0.39 is 5.91 Å². The first-order valence-corrected chi connectivity index (χ1v) is 9.84. The van der Waals surface area contributed by atoms with Crippen LogP contribution in [0.4, 0.5) is 0 Å². The summed E-state index contributed by atoms with van der Waals surface area (Å²) in [7, 11) is 0. The number of rotatable bonds is 9. The number of nitrogens with zero attached hydrogens (tertiary/aromatic N) is 1. The molecule has 0 aliphatic heterocycles. The van der Waals surface area contributed by atoms with Crippen LogP contribution in [0.3, 0.4) is 0 Å². The van der Waals surface area contributed by atoms with Crippen LogP contribution in [0.5, 0.6) is 0 Å². The average Bonchev–Trinajstić information content (AvgIpc) is 3.24. The van der Waals surface area contributed by atoms with E-state index >= 15 is 0 Å². The second-order valence-corrected chi connectivity index (χ2v) is 7.11. The molecule has 1 aromatic heterocycles. The molecule has 0 radical (unpaired) electrons. The first-order chi connectivity index (χ1) is 14.9. The summed E-state index contributed by atoms with van der Waals surface area (Å²) in [6.07, 6.45) is 2.32. The number of aryl methyl sites for hydroxylation is 2. The largest absolute Gasteiger partial charge is 0.441 e. The van der Waals surface area contributed by atoms with Gasteiger partial charge in [-0.2, -0.15) is 0 Å². The molecule has 0 saturated heterocycles. The van der Waals surface area contributed by atoms with E-state index in [1.54, 1.807) is 30.5 Å². The van der Waals surface area contributed by atoms with Crippen molar-refractivity contribution in [2.75, 3.05) is 6.54 Å². The summed E-state index contributed by atoms with van der Waals surface area (Å²) < 4.78 is 5.74. The van der Waals surface area contributed by atoms with Crippen LogP contribution in [0, 0.1) is 6.92 Å². The molecule has 160 valence electrons. The molecule has 3 rings (SSSR count). The number of benzene rings is 2. The summed E-state index contributed by atoms with van der Waals surface area (Å²) in [6.45, 7) is 2.14. The van der Waals surface area contributed by atoms with Crippen LogP contribution < -0.4 is 16.4 Å². The van der Waals surface area contributed by atoms with E-state index in [0.717, 1.165) is 11.1 Å². The van der Waals surface area contributed by atoms with E-state index in [1.807, 2.05) is 31.2 Å². The third-order valence-corrected chi connectivity index (χ3v) is 4.58. The van der Waals surface area contributed by atoms with E-state index in [0.29, 0.717) is 30.2 Å². The Morgan fingerprint density at radius 3 is 2.39 bits per heavy atom. The fraction of sp³-hybridized carbons (Fsp3) is 0.217. The summed E-state index contributed by atoms with van der Waals surface area (Å²) in [6, 6.07) is 14.7. The van der Waals surface area contributed by atoms with Crippen LogP contribution >= 0.6 is 0 Å². The zero-order valence-electron chi connectivity index (χ0n) is 17.2. The maximum absolute atomic E-state index is 12.1. The van der Waals surface area contributed by atoms with Crippen molar-refractivity contribution in [3.05, 3.63) is 77.3 Å². The third kappa shape index (κ3) is 6.53. The lowest BCUT2D eigenvalue weighted by Gasteiger charge is -2.06. The Kier molecular flexibility index (Phi) is 7.16. The minimum atomic E-state index is -0.608. The summed E-state index contributed by atoms with van der Waals surface area (Å²) in [5, 5.41) is 5.25. The van der Waals surface area contributed by atoms with Gasteiger partial charge in [0.2, 0.25) is 11.8 Å². The van der Waals surface area contributed by atoms with Crippen LogP contribution in [0.25, 0.3) is 11.3 Å². The molecule has 2 aromatic carbocycles. The van der Waals surface area contributed by atoms with Gasteiger partial charge in [0, 0.05) is 30.5 Å². The van der Waals surface area contributed by atoms with Gasteiger partial charge in [-0.1, -0.05) is 42.0 Å². The molecule has 0 fully saturated rings. The van der Waals surface area contributed by atoms with Crippen molar-refractivity contribution in [3.63, 3.8) is 0 Å². The number of amides is 3. The quantitative estimate of drug-likeness (QED) is 0.489. The van der Waals surface area contributed by atoms with Crippen molar-refractivity contribution in [1.29, 1.82) is 0 Å². The number of nitrogens with one attached hydrogen (secondary N) is 2. The lowest BCUT2D eigenvalue weighted by atomic mass is 10.1. The predicted octanol–water partition coefficient (Wildman–Crippen LogP) is 2.11. The number of hydrogen-bond acceptors (Lipinski definition) is 5. The molecular weight excluding hydrogens is 396 g/mol. The van der Waals surface area contributed by atoms with Gasteiger partial charge in [-0.25, -0.2) is 4.98 Å². The Balaban J connectivity index is 1.44. The van der Waals surface area contributed by atoms with Crippen LogP contribution in [-0.4, -0.2) is 29.3 Å². The van der Waals surface area contributed by atoms with Crippen LogP contribution in [0.2, 0.25) is 0 Å². The number of aromatic nitrogens is 1. The molecule has 1 heterocycles. The van der Waals surface area contributed by atoms with Gasteiger partial charge in [0.15, 0.2) is 11.7 Å². The van der Waals surface area contributed by atoms with Crippen molar-refractivity contribution in [2.45, 2.75) is 26.3 Å². The van der Waals surface area contributed by atoms with E-state index in [2.05, 4.69) is 15.6 Å². The number of hydrogen-bond donors (Lipinski definition) is 3. The second-order valence-electron chi connectivity index (χ2n) is 7.11. The summed E-state index contributed by atoms with van der Waals surface area (Å²) in [5.41, 5.74) is 8.37. The van der Waals surface area contributed by atoms with Crippen LogP contribution in [0.1, 0.15) is 33.8 Å². The molecule has 3 amide bonds. The minimum Gasteiger partial charge on any atom is -0.441 e. The molecule has 0 bridgehead atoms. The highest BCUT2D eigenvalue weighted by Crippen LogP contribution is 2.21. The topological polar surface area (TPSA) is 127 Å². The molecule has 4 N–H and O–H groups in total. The maximum Gasteiger partial charge on any atom is 0.251 e. The van der Waals surface area contributed by atoms with Gasteiger partial charge in [-0.15, -0.1) is 0 Å². The van der Waals surface area contributed by atoms with E-state index in [1.165, 1.54) is 5.56 Å². The van der Waals surface area contributed by atoms with Gasteiger partial charge < -0.3 is 20.8 Å². The fourth-order valence-corrected chi connectivity index (χ4v) is 2.83. The fourth-order valence-electron chi connectivity index (χ4n) is 2.83. The Hall–Kier alpha value is -3.94. The predicted molar refractivity (Wildman–Crippen MR) is 115 cm³/mol. The Morgan fingerprint density at radius 2 is 1.71 bits per heavy atom. The molecule has 0 spiro atoms. The van der Waals surface area contributed by atoms with E-state index in [-0.39, 0.29) is 24.8 Å². The highest BCUT2D eigenvalue weighted by Gasteiger charge is 2.10.